The van der Waals surface area contributed by atoms with Crippen molar-refractivity contribution in [3.8, 4) is 33.9 Å². The van der Waals surface area contributed by atoms with E-state index >= 15 is 0 Å². The third-order valence-corrected chi connectivity index (χ3v) is 8.22. The summed E-state index contributed by atoms with van der Waals surface area (Å²) in [5, 5.41) is 28.8. The van der Waals surface area contributed by atoms with Gasteiger partial charge in [-0.1, -0.05) is 48.5 Å². The number of urea groups is 1. The van der Waals surface area contributed by atoms with Crippen molar-refractivity contribution in [3.05, 3.63) is 109 Å². The van der Waals surface area contributed by atoms with E-state index in [9.17, 15) is 14.4 Å². The van der Waals surface area contributed by atoms with Gasteiger partial charge >= 0.3 is 6.03 Å². The molecule has 0 radical (unpaired) electrons. The predicted molar refractivity (Wildman–Crippen MR) is 221 cm³/mol. The smallest absolute Gasteiger partial charge is 0.323 e. The molecule has 0 aliphatic rings. The van der Waals surface area contributed by atoms with Crippen LogP contribution in [0.3, 0.4) is 0 Å². The van der Waals surface area contributed by atoms with Crippen LogP contribution in [0.25, 0.3) is 33.9 Å². The molecule has 0 saturated heterocycles. The summed E-state index contributed by atoms with van der Waals surface area (Å²) in [7, 11) is 7.72. The van der Waals surface area contributed by atoms with Gasteiger partial charge in [0.25, 0.3) is 0 Å². The molecule has 6 aromatic rings. The fourth-order valence-electron chi connectivity index (χ4n) is 5.34. The predicted octanol–water partition coefficient (Wildman–Crippen LogP) is 6.63. The van der Waals surface area contributed by atoms with Gasteiger partial charge in [0, 0.05) is 59.8 Å². The quantitative estimate of drug-likeness (QED) is 0.0954. The third-order valence-electron chi connectivity index (χ3n) is 8.22. The summed E-state index contributed by atoms with van der Waals surface area (Å²) in [6.07, 6.45) is 4.42. The van der Waals surface area contributed by atoms with Crippen LogP contribution in [-0.4, -0.2) is 98.9 Å². The Morgan fingerprint density at radius 1 is 0.536 bits per heavy atom. The van der Waals surface area contributed by atoms with Crippen LogP contribution < -0.4 is 21.3 Å². The van der Waals surface area contributed by atoms with Crippen molar-refractivity contribution in [1.29, 1.82) is 0 Å². The number of aromatic nitrogens is 6. The highest BCUT2D eigenvalue weighted by Gasteiger charge is 2.12. The molecule has 2 heterocycles. The maximum Gasteiger partial charge on any atom is 0.323 e. The van der Waals surface area contributed by atoms with E-state index in [0.717, 1.165) is 22.5 Å². The maximum absolute atomic E-state index is 13.0. The standard InChI is InChI=1S/C39H42N12O3.C2H6/c1-48(2)21-19-37(52)40-29-11-15-33(16-12-29)50-25-35(44-46-50)27-7-5-9-31(23-27)42-39(54)43-32-10-6-8-28(24-32)36-26-51(47-45-36)34-17-13-30(14-18-34)41-38(53)20-22-49(3)4;1-2/h5-18,23-26H,19-22H2,1-4H3,(H,40,52)(H,41,53)(H2,42,43,54);1-2H3. The van der Waals surface area contributed by atoms with Gasteiger partial charge in [-0.2, -0.15) is 0 Å². The summed E-state index contributed by atoms with van der Waals surface area (Å²) in [4.78, 5) is 41.3. The lowest BCUT2D eigenvalue weighted by Gasteiger charge is -2.10. The monoisotopic (exact) mass is 756 g/mol. The lowest BCUT2D eigenvalue weighted by atomic mass is 10.1. The number of carbonyl (C=O) groups is 3. The first-order valence-corrected chi connectivity index (χ1v) is 18.3. The highest BCUT2D eigenvalue weighted by molar-refractivity contribution is 6.00. The number of rotatable bonds is 14. The SMILES string of the molecule is CC.CN(C)CCC(=O)Nc1ccc(-n2cc(-c3cccc(NC(=O)Nc4cccc(-c5cn(-c6ccc(NC(=O)CCN(C)C)cc6)nn5)c4)c3)nn2)cc1. The van der Waals surface area contributed by atoms with E-state index in [4.69, 9.17) is 0 Å². The molecule has 6 rings (SSSR count). The van der Waals surface area contributed by atoms with E-state index in [1.165, 1.54) is 0 Å². The molecule has 15 nitrogen and oxygen atoms in total. The number of nitrogens with one attached hydrogen (secondary N) is 4. The van der Waals surface area contributed by atoms with Crippen molar-refractivity contribution in [2.24, 2.45) is 0 Å². The fraction of sp³-hybridized carbons (Fsp3) is 0.244. The van der Waals surface area contributed by atoms with E-state index in [1.807, 2.05) is 137 Å². The summed E-state index contributed by atoms with van der Waals surface area (Å²) in [6.45, 7) is 5.35. The second-order valence-corrected chi connectivity index (χ2v) is 13.1. The van der Waals surface area contributed by atoms with Gasteiger partial charge in [-0.05, 0) is 101 Å². The fourth-order valence-corrected chi connectivity index (χ4v) is 5.34. The zero-order valence-electron chi connectivity index (χ0n) is 32.5. The zero-order valence-corrected chi connectivity index (χ0v) is 32.5. The van der Waals surface area contributed by atoms with Crippen molar-refractivity contribution in [2.75, 3.05) is 62.5 Å². The van der Waals surface area contributed by atoms with Crippen LogP contribution in [0.4, 0.5) is 27.5 Å². The molecule has 15 heteroatoms. The molecular weight excluding hydrogens is 709 g/mol. The van der Waals surface area contributed by atoms with E-state index in [1.54, 1.807) is 33.9 Å². The zero-order chi connectivity index (χ0) is 40.0. The summed E-state index contributed by atoms with van der Waals surface area (Å²) in [6, 6.07) is 29.0. The van der Waals surface area contributed by atoms with Crippen LogP contribution >= 0.6 is 0 Å². The maximum atomic E-state index is 13.0. The summed E-state index contributed by atoms with van der Waals surface area (Å²) < 4.78 is 3.30. The Bertz CT molecular complexity index is 2050. The average Bonchev–Trinajstić information content (AvgIpc) is 3.90. The second kappa shape index (κ2) is 19.6. The Balaban J connectivity index is 0.00000295. The first-order chi connectivity index (χ1) is 27.1. The number of hydrogen-bond acceptors (Lipinski definition) is 9. The lowest BCUT2D eigenvalue weighted by Crippen LogP contribution is -2.20. The highest BCUT2D eigenvalue weighted by atomic mass is 16.2. The molecule has 290 valence electrons. The van der Waals surface area contributed by atoms with Crippen LogP contribution in [-0.2, 0) is 9.59 Å². The molecule has 0 saturated carbocycles. The number of hydrogen-bond donors (Lipinski definition) is 4. The Morgan fingerprint density at radius 3 is 1.30 bits per heavy atom. The normalized spacial score (nSPS) is 10.8. The summed E-state index contributed by atoms with van der Waals surface area (Å²) in [5.41, 5.74) is 6.92. The first-order valence-electron chi connectivity index (χ1n) is 18.3. The Labute approximate surface area is 326 Å². The number of carbonyl (C=O) groups excluding carboxylic acids is 3. The first kappa shape index (κ1) is 40.5. The molecule has 0 unspecified atom stereocenters. The third kappa shape index (κ3) is 11.6. The molecular formula is C41H48N12O3. The van der Waals surface area contributed by atoms with Crippen molar-refractivity contribution in [2.45, 2.75) is 26.7 Å². The van der Waals surface area contributed by atoms with Crippen LogP contribution in [0.1, 0.15) is 26.7 Å². The number of nitrogens with zero attached hydrogens (tertiary/aromatic N) is 8. The molecule has 0 aliphatic carbocycles. The minimum atomic E-state index is -0.417. The molecule has 4 amide bonds. The number of amides is 4. The summed E-state index contributed by atoms with van der Waals surface area (Å²) in [5.74, 6) is -0.0908. The molecule has 4 aromatic carbocycles. The highest BCUT2D eigenvalue weighted by Crippen LogP contribution is 2.24. The average molecular weight is 757 g/mol. The Morgan fingerprint density at radius 2 is 0.929 bits per heavy atom. The van der Waals surface area contributed by atoms with Gasteiger partial charge in [-0.25, -0.2) is 14.2 Å². The van der Waals surface area contributed by atoms with Gasteiger partial charge in [0.2, 0.25) is 11.8 Å². The second-order valence-electron chi connectivity index (χ2n) is 13.1. The van der Waals surface area contributed by atoms with Gasteiger partial charge in [-0.15, -0.1) is 10.2 Å². The summed E-state index contributed by atoms with van der Waals surface area (Å²) >= 11 is 0. The minimum absolute atomic E-state index is 0.0454. The van der Waals surface area contributed by atoms with Crippen LogP contribution in [0.15, 0.2) is 109 Å². The molecule has 4 N–H and O–H groups in total. The molecule has 0 aliphatic heterocycles. The molecule has 0 bridgehead atoms. The molecule has 2 aromatic heterocycles. The molecule has 0 atom stereocenters. The van der Waals surface area contributed by atoms with E-state index in [0.29, 0.717) is 60.1 Å². The van der Waals surface area contributed by atoms with E-state index < -0.39 is 6.03 Å². The Kier molecular flexibility index (Phi) is 14.1. The van der Waals surface area contributed by atoms with Gasteiger partial charge in [0.1, 0.15) is 11.4 Å². The van der Waals surface area contributed by atoms with Crippen molar-refractivity contribution >= 4 is 40.6 Å². The van der Waals surface area contributed by atoms with Crippen molar-refractivity contribution in [3.63, 3.8) is 0 Å². The van der Waals surface area contributed by atoms with Gasteiger partial charge in [0.15, 0.2) is 0 Å². The largest absolute Gasteiger partial charge is 0.326 e. The van der Waals surface area contributed by atoms with Gasteiger partial charge in [0.05, 0.1) is 23.8 Å². The Hall–Kier alpha value is -6.71. The van der Waals surface area contributed by atoms with Crippen molar-refractivity contribution < 1.29 is 14.4 Å². The van der Waals surface area contributed by atoms with Crippen LogP contribution in [0, 0.1) is 0 Å². The van der Waals surface area contributed by atoms with Gasteiger partial charge in [-0.3, -0.25) is 9.59 Å². The van der Waals surface area contributed by atoms with Crippen LogP contribution in [0.5, 0.6) is 0 Å². The topological polar surface area (TPSA) is 167 Å². The van der Waals surface area contributed by atoms with E-state index in [-0.39, 0.29) is 11.8 Å². The van der Waals surface area contributed by atoms with E-state index in [2.05, 4.69) is 41.9 Å². The molecule has 56 heavy (non-hydrogen) atoms. The lowest BCUT2D eigenvalue weighted by molar-refractivity contribution is -0.117. The number of anilines is 4. The van der Waals surface area contributed by atoms with Crippen molar-refractivity contribution in [1.82, 2.24) is 39.8 Å². The molecule has 0 spiro atoms. The van der Waals surface area contributed by atoms with Gasteiger partial charge < -0.3 is 31.1 Å². The number of benzene rings is 4. The van der Waals surface area contributed by atoms with Crippen LogP contribution in [0.2, 0.25) is 0 Å². The minimum Gasteiger partial charge on any atom is -0.326 e. The molecule has 0 fully saturated rings.